The SMILES string of the molecule is CC1(C)C=CC(NS(C)(=O)=O)=CC1(C)C.CC1=CSC(C)(C)C1(C)C. The van der Waals surface area contributed by atoms with Crippen molar-refractivity contribution in [1.82, 2.24) is 4.72 Å². The molecular formula is C20H35NO2S2. The molecule has 1 aliphatic carbocycles. The zero-order valence-corrected chi connectivity index (χ0v) is 19.1. The average molecular weight is 386 g/mol. The first-order valence-electron chi connectivity index (χ1n) is 8.66. The number of allylic oxidation sites excluding steroid dienone is 4. The lowest BCUT2D eigenvalue weighted by Gasteiger charge is -2.40. The Morgan fingerprint density at radius 2 is 1.48 bits per heavy atom. The van der Waals surface area contributed by atoms with Gasteiger partial charge in [0.15, 0.2) is 0 Å². The maximum atomic E-state index is 11.1. The molecule has 2 rings (SSSR count). The van der Waals surface area contributed by atoms with E-state index in [1.54, 1.807) is 0 Å². The summed E-state index contributed by atoms with van der Waals surface area (Å²) in [5, 5.41) is 2.29. The highest BCUT2D eigenvalue weighted by molar-refractivity contribution is 8.03. The van der Waals surface area contributed by atoms with Crippen LogP contribution in [0, 0.1) is 16.2 Å². The molecule has 0 aromatic carbocycles. The first kappa shape index (κ1) is 22.4. The lowest BCUT2D eigenvalue weighted by atomic mass is 9.65. The van der Waals surface area contributed by atoms with E-state index < -0.39 is 10.0 Å². The first-order valence-corrected chi connectivity index (χ1v) is 11.4. The Morgan fingerprint density at radius 1 is 0.960 bits per heavy atom. The number of sulfonamides is 1. The van der Waals surface area contributed by atoms with Crippen LogP contribution in [-0.2, 0) is 10.0 Å². The third kappa shape index (κ3) is 5.16. The van der Waals surface area contributed by atoms with Crippen LogP contribution in [0.2, 0.25) is 0 Å². The maximum absolute atomic E-state index is 11.1. The van der Waals surface area contributed by atoms with Crippen LogP contribution in [0.5, 0.6) is 0 Å². The van der Waals surface area contributed by atoms with E-state index in [2.05, 4.69) is 72.4 Å². The van der Waals surface area contributed by atoms with Gasteiger partial charge in [0.25, 0.3) is 0 Å². The average Bonchev–Trinajstić information content (AvgIpc) is 2.56. The van der Waals surface area contributed by atoms with Gasteiger partial charge in [0, 0.05) is 15.9 Å². The third-order valence-corrected chi connectivity index (χ3v) is 8.36. The van der Waals surface area contributed by atoms with Gasteiger partial charge >= 0.3 is 0 Å². The van der Waals surface area contributed by atoms with Crippen LogP contribution < -0.4 is 4.72 Å². The lowest BCUT2D eigenvalue weighted by Crippen LogP contribution is -2.34. The summed E-state index contributed by atoms with van der Waals surface area (Å²) in [6.45, 7) is 19.9. The summed E-state index contributed by atoms with van der Waals surface area (Å²) in [7, 11) is -3.18. The zero-order chi connectivity index (χ0) is 19.9. The summed E-state index contributed by atoms with van der Waals surface area (Å²) in [4.78, 5) is 0. The number of rotatable bonds is 2. The second kappa shape index (κ2) is 6.80. The summed E-state index contributed by atoms with van der Waals surface area (Å²) >= 11 is 1.95. The van der Waals surface area contributed by atoms with Crippen LogP contribution in [-0.4, -0.2) is 19.4 Å². The van der Waals surface area contributed by atoms with Crippen molar-refractivity contribution in [3.05, 3.63) is 34.9 Å². The van der Waals surface area contributed by atoms with Crippen LogP contribution in [0.15, 0.2) is 34.9 Å². The molecule has 1 aliphatic heterocycles. The fourth-order valence-electron chi connectivity index (χ4n) is 2.42. The molecule has 0 bridgehead atoms. The molecule has 0 aromatic rings. The van der Waals surface area contributed by atoms with Crippen LogP contribution in [0.25, 0.3) is 0 Å². The maximum Gasteiger partial charge on any atom is 0.229 e. The van der Waals surface area contributed by atoms with Crippen molar-refractivity contribution >= 4 is 21.8 Å². The highest BCUT2D eigenvalue weighted by Gasteiger charge is 2.42. The molecule has 1 heterocycles. The van der Waals surface area contributed by atoms with E-state index in [1.807, 2.05) is 30.0 Å². The monoisotopic (exact) mass is 385 g/mol. The van der Waals surface area contributed by atoms with Crippen molar-refractivity contribution in [1.29, 1.82) is 0 Å². The molecule has 25 heavy (non-hydrogen) atoms. The van der Waals surface area contributed by atoms with Crippen LogP contribution in [0.3, 0.4) is 0 Å². The minimum Gasteiger partial charge on any atom is -0.284 e. The fourth-order valence-corrected chi connectivity index (χ4v) is 4.20. The Hall–Kier alpha value is -0.680. The summed E-state index contributed by atoms with van der Waals surface area (Å²) in [6, 6.07) is 0. The second-order valence-corrected chi connectivity index (χ2v) is 12.5. The highest BCUT2D eigenvalue weighted by Crippen LogP contribution is 2.53. The molecule has 5 heteroatoms. The molecule has 144 valence electrons. The molecule has 0 fully saturated rings. The number of hydrogen-bond acceptors (Lipinski definition) is 3. The molecule has 0 saturated heterocycles. The van der Waals surface area contributed by atoms with E-state index in [9.17, 15) is 8.42 Å². The normalized spacial score (nSPS) is 25.4. The van der Waals surface area contributed by atoms with E-state index in [0.29, 0.717) is 15.9 Å². The van der Waals surface area contributed by atoms with Gasteiger partial charge in [0.1, 0.15) is 0 Å². The van der Waals surface area contributed by atoms with Crippen molar-refractivity contribution in [3.63, 3.8) is 0 Å². The summed E-state index contributed by atoms with van der Waals surface area (Å²) in [6.07, 6.45) is 7.00. The molecule has 2 aliphatic rings. The molecular weight excluding hydrogens is 350 g/mol. The van der Waals surface area contributed by atoms with E-state index in [-0.39, 0.29) is 10.8 Å². The molecule has 3 nitrogen and oxygen atoms in total. The van der Waals surface area contributed by atoms with E-state index in [1.165, 1.54) is 5.57 Å². The van der Waals surface area contributed by atoms with Gasteiger partial charge < -0.3 is 0 Å². The molecule has 0 amide bonds. The van der Waals surface area contributed by atoms with Gasteiger partial charge in [-0.3, -0.25) is 4.72 Å². The number of nitrogens with one attached hydrogen (secondary N) is 1. The predicted molar refractivity (Wildman–Crippen MR) is 112 cm³/mol. The predicted octanol–water partition coefficient (Wildman–Crippen LogP) is 5.48. The molecule has 0 saturated carbocycles. The van der Waals surface area contributed by atoms with Gasteiger partial charge in [0.05, 0.1) is 6.26 Å². The Kier molecular flexibility index (Phi) is 6.09. The third-order valence-electron chi connectivity index (χ3n) is 6.18. The Labute approximate surface area is 159 Å². The standard InChI is InChI=1S/C11H19NO2S.C9H16S/c1-10(2)7-6-9(8-11(10,3)4)12-15(5,13)14;1-7-6-10-9(4,5)8(7,2)3/h6-8,12H,1-5H3;6H,1-5H3. The van der Waals surface area contributed by atoms with Gasteiger partial charge in [-0.25, -0.2) is 8.42 Å². The number of hydrogen-bond donors (Lipinski definition) is 1. The molecule has 0 atom stereocenters. The van der Waals surface area contributed by atoms with Crippen molar-refractivity contribution in [3.8, 4) is 0 Å². The Bertz CT molecular complexity index is 706. The topological polar surface area (TPSA) is 46.2 Å². The summed E-state index contributed by atoms with van der Waals surface area (Å²) in [5.74, 6) is 0. The zero-order valence-electron chi connectivity index (χ0n) is 17.4. The van der Waals surface area contributed by atoms with E-state index in [0.717, 1.165) is 6.26 Å². The molecule has 0 spiro atoms. The highest BCUT2D eigenvalue weighted by atomic mass is 32.2. The molecule has 0 aromatic heterocycles. The number of thioether (sulfide) groups is 1. The fraction of sp³-hybridized carbons (Fsp3) is 0.700. The Balaban J connectivity index is 0.000000271. The van der Waals surface area contributed by atoms with Crippen LogP contribution in [0.4, 0.5) is 0 Å². The van der Waals surface area contributed by atoms with Gasteiger partial charge in [-0.05, 0) is 43.1 Å². The van der Waals surface area contributed by atoms with Gasteiger partial charge in [-0.15, -0.1) is 11.8 Å². The Morgan fingerprint density at radius 3 is 1.76 bits per heavy atom. The quantitative estimate of drug-likeness (QED) is 0.684. The summed E-state index contributed by atoms with van der Waals surface area (Å²) < 4.78 is 25.1. The van der Waals surface area contributed by atoms with E-state index >= 15 is 0 Å². The second-order valence-electron chi connectivity index (χ2n) is 9.30. The van der Waals surface area contributed by atoms with Crippen molar-refractivity contribution < 1.29 is 8.42 Å². The first-order chi connectivity index (χ1) is 10.9. The molecule has 0 unspecified atom stereocenters. The largest absolute Gasteiger partial charge is 0.284 e. The van der Waals surface area contributed by atoms with Crippen molar-refractivity contribution in [2.45, 2.75) is 67.1 Å². The smallest absolute Gasteiger partial charge is 0.229 e. The van der Waals surface area contributed by atoms with Crippen LogP contribution >= 0.6 is 11.8 Å². The minimum absolute atomic E-state index is 0.0374. The lowest BCUT2D eigenvalue weighted by molar-refractivity contribution is 0.227. The van der Waals surface area contributed by atoms with Gasteiger partial charge in [-0.1, -0.05) is 59.3 Å². The van der Waals surface area contributed by atoms with Crippen LogP contribution in [0.1, 0.15) is 62.3 Å². The van der Waals surface area contributed by atoms with Gasteiger partial charge in [0.2, 0.25) is 10.0 Å². The van der Waals surface area contributed by atoms with Crippen molar-refractivity contribution in [2.75, 3.05) is 6.26 Å². The molecule has 1 N–H and O–H groups in total. The van der Waals surface area contributed by atoms with Gasteiger partial charge in [-0.2, -0.15) is 0 Å². The van der Waals surface area contributed by atoms with E-state index in [4.69, 9.17) is 0 Å². The molecule has 0 radical (unpaired) electrons. The summed E-state index contributed by atoms with van der Waals surface area (Å²) in [5.41, 5.74) is 2.52. The van der Waals surface area contributed by atoms with Crippen molar-refractivity contribution in [2.24, 2.45) is 16.2 Å². The minimum atomic E-state index is -3.18.